The first-order valence-corrected chi connectivity index (χ1v) is 10.9. The van der Waals surface area contributed by atoms with Gasteiger partial charge in [-0.25, -0.2) is 9.98 Å². The first-order chi connectivity index (χ1) is 15.5. The maximum atomic E-state index is 6.37. The minimum atomic E-state index is 0.551. The molecule has 1 aromatic heterocycles. The van der Waals surface area contributed by atoms with Crippen molar-refractivity contribution < 1.29 is 4.74 Å². The molecule has 0 spiro atoms. The van der Waals surface area contributed by atoms with Crippen LogP contribution in [0.3, 0.4) is 0 Å². The molecule has 8 heteroatoms. The highest BCUT2D eigenvalue weighted by Crippen LogP contribution is 2.36. The van der Waals surface area contributed by atoms with Crippen molar-refractivity contribution in [1.82, 2.24) is 9.88 Å². The zero-order valence-corrected chi connectivity index (χ0v) is 18.9. The normalized spacial score (nSPS) is 14.8. The summed E-state index contributed by atoms with van der Waals surface area (Å²) in [5, 5.41) is 6.42. The van der Waals surface area contributed by atoms with E-state index in [0.717, 1.165) is 35.0 Å². The smallest absolute Gasteiger partial charge is 0.135 e. The van der Waals surface area contributed by atoms with Gasteiger partial charge in [0.05, 0.1) is 13.2 Å². The molecule has 1 saturated heterocycles. The van der Waals surface area contributed by atoms with Crippen LogP contribution in [0.1, 0.15) is 0 Å². The van der Waals surface area contributed by atoms with Crippen molar-refractivity contribution >= 4 is 45.6 Å². The van der Waals surface area contributed by atoms with Gasteiger partial charge in [-0.15, -0.1) is 0 Å². The predicted molar refractivity (Wildman–Crippen MR) is 133 cm³/mol. The number of benzene rings is 2. The number of aliphatic imine (C=N–C) groups is 1. The molecule has 32 heavy (non-hydrogen) atoms. The number of aromatic nitrogens is 1. The summed E-state index contributed by atoms with van der Waals surface area (Å²) >= 11 is 12.7. The number of fused-ring (bicyclic) bond motifs is 1. The molecule has 0 unspecified atom stereocenters. The van der Waals surface area contributed by atoms with E-state index in [2.05, 4.69) is 26.8 Å². The fraction of sp³-hybridized carbons (Fsp3) is 0.167. The van der Waals surface area contributed by atoms with Crippen molar-refractivity contribution in [2.24, 2.45) is 10.7 Å². The number of nitrogens with two attached hydrogens (primary N) is 1. The molecule has 164 valence electrons. The second-order valence-electron chi connectivity index (χ2n) is 7.22. The van der Waals surface area contributed by atoms with E-state index in [1.807, 2.05) is 42.5 Å². The maximum absolute atomic E-state index is 6.37. The first-order valence-electron chi connectivity index (χ1n) is 10.1. The standard InChI is InChI=1S/C24H23Cl2N5O/c1-16(31-9-11-32-12-10-31)29-22(7-8-27)30-23-14-17-5-6-18(13-19(17)15-28-23)24-20(25)3-2-4-21(24)26/h2-8,13-15H,1,9-12,27H2,(H,28,29,30)/b8-7-. The van der Waals surface area contributed by atoms with E-state index in [1.54, 1.807) is 12.3 Å². The second-order valence-corrected chi connectivity index (χ2v) is 8.04. The number of ether oxygens (including phenoxy) is 1. The molecule has 0 atom stereocenters. The summed E-state index contributed by atoms with van der Waals surface area (Å²) < 4.78 is 5.38. The van der Waals surface area contributed by atoms with Gasteiger partial charge in [0.15, 0.2) is 0 Å². The third-order valence-electron chi connectivity index (χ3n) is 5.11. The number of morpholine rings is 1. The Balaban J connectivity index is 1.58. The number of nitrogens with one attached hydrogen (secondary N) is 1. The topological polar surface area (TPSA) is 75.8 Å². The van der Waals surface area contributed by atoms with Gasteiger partial charge in [0.2, 0.25) is 0 Å². The molecule has 0 saturated carbocycles. The van der Waals surface area contributed by atoms with Gasteiger partial charge in [-0.1, -0.05) is 48.0 Å². The molecule has 3 N–H and O–H groups in total. The SMILES string of the molecule is C=C(N=C(/C=C\N)Nc1cc2ccc(-c3c(Cl)cccc3Cl)cc2cn1)N1CCOCC1. The highest BCUT2D eigenvalue weighted by molar-refractivity contribution is 6.39. The van der Waals surface area contributed by atoms with Crippen molar-refractivity contribution in [2.75, 3.05) is 31.6 Å². The largest absolute Gasteiger partial charge is 0.404 e. The highest BCUT2D eigenvalue weighted by atomic mass is 35.5. The van der Waals surface area contributed by atoms with Gasteiger partial charge >= 0.3 is 0 Å². The van der Waals surface area contributed by atoms with Crippen LogP contribution in [-0.4, -0.2) is 42.0 Å². The number of pyridine rings is 1. The minimum absolute atomic E-state index is 0.551. The van der Waals surface area contributed by atoms with Crippen LogP contribution in [-0.2, 0) is 4.74 Å². The molecular formula is C24H23Cl2N5O. The number of nitrogens with zero attached hydrogens (tertiary/aromatic N) is 3. The lowest BCUT2D eigenvalue weighted by Gasteiger charge is -2.28. The molecule has 2 aromatic carbocycles. The van der Waals surface area contributed by atoms with Crippen LogP contribution in [0.5, 0.6) is 0 Å². The molecule has 0 amide bonds. The lowest BCUT2D eigenvalue weighted by molar-refractivity contribution is 0.0534. The molecule has 3 aromatic rings. The van der Waals surface area contributed by atoms with E-state index >= 15 is 0 Å². The summed E-state index contributed by atoms with van der Waals surface area (Å²) in [4.78, 5) is 11.2. The molecule has 0 aliphatic carbocycles. The summed E-state index contributed by atoms with van der Waals surface area (Å²) in [5.74, 6) is 1.85. The van der Waals surface area contributed by atoms with Crippen LogP contribution in [0, 0.1) is 0 Å². The second kappa shape index (κ2) is 10.0. The Hall–Kier alpha value is -3.06. The molecular weight excluding hydrogens is 445 g/mol. The van der Waals surface area contributed by atoms with Gasteiger partial charge < -0.3 is 20.7 Å². The summed E-state index contributed by atoms with van der Waals surface area (Å²) in [6.07, 6.45) is 4.91. The summed E-state index contributed by atoms with van der Waals surface area (Å²) in [6.45, 7) is 6.92. The number of hydrogen-bond acceptors (Lipinski definition) is 5. The van der Waals surface area contributed by atoms with Gasteiger partial charge in [-0.3, -0.25) is 0 Å². The Kier molecular flexibility index (Phi) is 6.95. The monoisotopic (exact) mass is 467 g/mol. The lowest BCUT2D eigenvalue weighted by Crippen LogP contribution is -2.35. The van der Waals surface area contributed by atoms with E-state index in [-0.39, 0.29) is 0 Å². The third kappa shape index (κ3) is 5.05. The average Bonchev–Trinajstić information content (AvgIpc) is 2.79. The quantitative estimate of drug-likeness (QED) is 0.393. The van der Waals surface area contributed by atoms with Crippen LogP contribution >= 0.6 is 23.2 Å². The van der Waals surface area contributed by atoms with Crippen molar-refractivity contribution in [2.45, 2.75) is 0 Å². The average molecular weight is 468 g/mol. The number of anilines is 1. The fourth-order valence-corrected chi connectivity index (χ4v) is 4.12. The molecule has 0 radical (unpaired) electrons. The fourth-order valence-electron chi connectivity index (χ4n) is 3.50. The Bertz CT molecular complexity index is 1180. The van der Waals surface area contributed by atoms with Gasteiger partial charge in [-0.05, 0) is 47.5 Å². The number of amidine groups is 1. The highest BCUT2D eigenvalue weighted by Gasteiger charge is 2.13. The molecule has 1 aliphatic heterocycles. The minimum Gasteiger partial charge on any atom is -0.404 e. The van der Waals surface area contributed by atoms with Gasteiger partial charge in [0.25, 0.3) is 0 Å². The van der Waals surface area contributed by atoms with E-state index in [9.17, 15) is 0 Å². The Labute approximate surface area is 197 Å². The van der Waals surface area contributed by atoms with E-state index in [0.29, 0.717) is 40.7 Å². The van der Waals surface area contributed by atoms with E-state index in [1.165, 1.54) is 6.20 Å². The molecule has 4 rings (SSSR count). The van der Waals surface area contributed by atoms with E-state index < -0.39 is 0 Å². The molecule has 1 fully saturated rings. The first kappa shape index (κ1) is 22.1. The van der Waals surface area contributed by atoms with Crippen molar-refractivity contribution in [3.05, 3.63) is 83.4 Å². The van der Waals surface area contributed by atoms with Crippen LogP contribution in [0.2, 0.25) is 10.0 Å². The van der Waals surface area contributed by atoms with Gasteiger partial charge in [-0.2, -0.15) is 0 Å². The zero-order chi connectivity index (χ0) is 22.5. The molecule has 0 bridgehead atoms. The van der Waals surface area contributed by atoms with Crippen LogP contribution in [0.25, 0.3) is 21.9 Å². The molecule has 2 heterocycles. The third-order valence-corrected chi connectivity index (χ3v) is 5.74. The van der Waals surface area contributed by atoms with Gasteiger partial charge in [0.1, 0.15) is 17.5 Å². The summed E-state index contributed by atoms with van der Waals surface area (Å²) in [7, 11) is 0. The van der Waals surface area contributed by atoms with Crippen molar-refractivity contribution in [3.8, 4) is 11.1 Å². The molecule has 6 nitrogen and oxygen atoms in total. The Morgan fingerprint density at radius 2 is 1.88 bits per heavy atom. The summed E-state index contributed by atoms with van der Waals surface area (Å²) in [6, 6.07) is 13.5. The molecule has 1 aliphatic rings. The van der Waals surface area contributed by atoms with Crippen LogP contribution in [0.4, 0.5) is 5.82 Å². The number of hydrogen-bond donors (Lipinski definition) is 2. The predicted octanol–water partition coefficient (Wildman–Crippen LogP) is 5.29. The van der Waals surface area contributed by atoms with Crippen molar-refractivity contribution in [3.63, 3.8) is 0 Å². The Morgan fingerprint density at radius 1 is 1.12 bits per heavy atom. The lowest BCUT2D eigenvalue weighted by atomic mass is 10.0. The van der Waals surface area contributed by atoms with E-state index in [4.69, 9.17) is 33.7 Å². The summed E-state index contributed by atoms with van der Waals surface area (Å²) in [5.41, 5.74) is 7.36. The number of rotatable bonds is 5. The Morgan fingerprint density at radius 3 is 2.59 bits per heavy atom. The van der Waals surface area contributed by atoms with Crippen LogP contribution < -0.4 is 11.1 Å². The van der Waals surface area contributed by atoms with Crippen LogP contribution in [0.15, 0.2) is 78.3 Å². The number of halogens is 2. The van der Waals surface area contributed by atoms with Crippen molar-refractivity contribution in [1.29, 1.82) is 0 Å². The zero-order valence-electron chi connectivity index (χ0n) is 17.4. The van der Waals surface area contributed by atoms with Gasteiger partial charge in [0, 0.05) is 40.3 Å². The maximum Gasteiger partial charge on any atom is 0.135 e.